The fourth-order valence-corrected chi connectivity index (χ4v) is 0. The van der Waals surface area contributed by atoms with E-state index in [-0.39, 0.29) is 117 Å². The van der Waals surface area contributed by atoms with E-state index < -0.39 is 0 Å². The van der Waals surface area contributed by atoms with Crippen LogP contribution in [0.4, 0.5) is 0 Å². The van der Waals surface area contributed by atoms with Crippen LogP contribution in [0.1, 0.15) is 0 Å². The van der Waals surface area contributed by atoms with Crippen LogP contribution in [0.5, 0.6) is 0 Å². The summed E-state index contributed by atoms with van der Waals surface area (Å²) in [5, 5.41) is 0. The molecular formula is H17Cl3O7Pr. The predicted molar refractivity (Wildman–Crippen MR) is 47.0 cm³/mol. The molecule has 0 amide bonds. The molecule has 0 unspecified atom stereocenters. The van der Waals surface area contributed by atoms with Crippen molar-refractivity contribution in [3.63, 3.8) is 0 Å². The zero-order valence-corrected chi connectivity index (χ0v) is 11.5. The zero-order chi connectivity index (χ0) is 0. The van der Waals surface area contributed by atoms with Gasteiger partial charge < -0.3 is 38.3 Å². The largest absolute Gasteiger partial charge is 0.412 e. The summed E-state index contributed by atoms with van der Waals surface area (Å²) >= 11 is 0. The molecule has 0 heterocycles. The van der Waals surface area contributed by atoms with Gasteiger partial charge in [0.1, 0.15) is 0 Å². The average molecular weight is 376 g/mol. The van der Waals surface area contributed by atoms with E-state index in [9.17, 15) is 0 Å². The molecule has 0 fully saturated rings. The minimum Gasteiger partial charge on any atom is -0.412 e. The summed E-state index contributed by atoms with van der Waals surface area (Å²) < 4.78 is 0. The number of halogens is 3. The Kier molecular flexibility index (Phi) is 16600. The van der Waals surface area contributed by atoms with Gasteiger partial charge in [-0.3, -0.25) is 0 Å². The van der Waals surface area contributed by atoms with Crippen LogP contribution in [-0.4, -0.2) is 38.3 Å². The van der Waals surface area contributed by atoms with Gasteiger partial charge in [0.2, 0.25) is 0 Å². The second-order valence-electron chi connectivity index (χ2n) is 0. The smallest absolute Gasteiger partial charge is 0 e. The molecule has 0 atom stereocenters. The van der Waals surface area contributed by atoms with Crippen molar-refractivity contribution in [3.8, 4) is 0 Å². The fourth-order valence-electron chi connectivity index (χ4n) is 0. The molecule has 0 aliphatic rings. The van der Waals surface area contributed by atoms with Crippen molar-refractivity contribution in [1.82, 2.24) is 0 Å². The van der Waals surface area contributed by atoms with E-state index in [2.05, 4.69) is 0 Å². The van der Waals surface area contributed by atoms with Crippen LogP contribution in [0.15, 0.2) is 0 Å². The molecule has 7 nitrogen and oxygen atoms in total. The summed E-state index contributed by atoms with van der Waals surface area (Å²) in [6.45, 7) is 0. The van der Waals surface area contributed by atoms with Gasteiger partial charge in [-0.15, -0.1) is 37.2 Å². The maximum Gasteiger partial charge on any atom is 0 e. The van der Waals surface area contributed by atoms with E-state index in [1.54, 1.807) is 0 Å². The van der Waals surface area contributed by atoms with Crippen LogP contribution in [0.25, 0.3) is 0 Å². The molecule has 11 heteroatoms. The Morgan fingerprint density at radius 3 is 0.273 bits per heavy atom. The minimum atomic E-state index is 0. The summed E-state index contributed by atoms with van der Waals surface area (Å²) in [6.07, 6.45) is 0. The van der Waals surface area contributed by atoms with Crippen LogP contribution >= 0.6 is 37.2 Å². The molecular weight excluding hydrogens is 359 g/mol. The third kappa shape index (κ3) is 310. The Labute approximate surface area is 116 Å². The summed E-state index contributed by atoms with van der Waals surface area (Å²) in [4.78, 5) is 0. The van der Waals surface area contributed by atoms with E-state index in [4.69, 9.17) is 0 Å². The number of hydrogen-bond acceptors (Lipinski definition) is 0. The van der Waals surface area contributed by atoms with Gasteiger partial charge in [-0.25, -0.2) is 0 Å². The monoisotopic (exact) mass is 375 g/mol. The first-order valence-corrected chi connectivity index (χ1v) is 0. The van der Waals surface area contributed by atoms with E-state index >= 15 is 0 Å². The Morgan fingerprint density at radius 1 is 0.273 bits per heavy atom. The van der Waals surface area contributed by atoms with Gasteiger partial charge in [0.05, 0.1) is 0 Å². The van der Waals surface area contributed by atoms with Crippen molar-refractivity contribution in [3.05, 3.63) is 0 Å². The van der Waals surface area contributed by atoms with E-state index in [0.717, 1.165) is 0 Å². The van der Waals surface area contributed by atoms with E-state index in [0.29, 0.717) is 0 Å². The van der Waals surface area contributed by atoms with Crippen LogP contribution < -0.4 is 0 Å². The van der Waals surface area contributed by atoms with Crippen molar-refractivity contribution in [1.29, 1.82) is 0 Å². The predicted octanol–water partition coefficient (Wildman–Crippen LogP) is -4.51. The molecule has 0 rings (SSSR count). The van der Waals surface area contributed by atoms with Gasteiger partial charge >= 0.3 is 0 Å². The van der Waals surface area contributed by atoms with Crippen molar-refractivity contribution >= 4 is 37.2 Å². The molecule has 0 aliphatic carbocycles. The topological polar surface area (TPSA) is 220 Å². The summed E-state index contributed by atoms with van der Waals surface area (Å²) in [6, 6.07) is 0. The zero-order valence-electron chi connectivity index (χ0n) is 5.30. The number of hydrogen-bond donors (Lipinski definition) is 0. The van der Waals surface area contributed by atoms with E-state index in [1.807, 2.05) is 0 Å². The summed E-state index contributed by atoms with van der Waals surface area (Å²) in [5.41, 5.74) is 0. The second kappa shape index (κ2) is 376. The molecule has 11 heavy (non-hydrogen) atoms. The molecule has 0 aliphatic heterocycles. The standard InChI is InChI=1S/3ClH.7H2O.Pr/h3*1H;7*1H2;. The minimum absolute atomic E-state index is 0. The average Bonchev–Trinajstić information content (AvgIpc) is 0. The van der Waals surface area contributed by atoms with Gasteiger partial charge in [0, 0.05) is 41.3 Å². The van der Waals surface area contributed by atoms with Crippen molar-refractivity contribution in [2.24, 2.45) is 0 Å². The maximum atomic E-state index is 0. The fraction of sp³-hybridized carbons (Fsp3) is 0. The summed E-state index contributed by atoms with van der Waals surface area (Å²) in [5.74, 6) is 0. The second-order valence-corrected chi connectivity index (χ2v) is 0. The first-order chi connectivity index (χ1) is 0. The van der Waals surface area contributed by atoms with Gasteiger partial charge in [-0.05, 0) is 0 Å². The van der Waals surface area contributed by atoms with Crippen LogP contribution in [-0.2, 0) is 0 Å². The van der Waals surface area contributed by atoms with Crippen LogP contribution in [0.2, 0.25) is 0 Å². The van der Waals surface area contributed by atoms with Gasteiger partial charge in [-0.2, -0.15) is 0 Å². The van der Waals surface area contributed by atoms with Gasteiger partial charge in [0.25, 0.3) is 0 Å². The van der Waals surface area contributed by atoms with Gasteiger partial charge in [-0.1, -0.05) is 0 Å². The first kappa shape index (κ1) is 485. The Morgan fingerprint density at radius 2 is 0.273 bits per heavy atom. The SMILES string of the molecule is Cl.Cl.Cl.O.O.O.O.O.O.O.[Pr]. The molecule has 0 aromatic rings. The van der Waals surface area contributed by atoms with Crippen molar-refractivity contribution < 1.29 is 79.6 Å². The molecule has 0 bridgehead atoms. The summed E-state index contributed by atoms with van der Waals surface area (Å²) in [7, 11) is 0. The Balaban J connectivity index is 0. The quantitative estimate of drug-likeness (QED) is 0.390. The normalized spacial score (nSPS) is 0. The molecule has 0 aromatic heterocycles. The van der Waals surface area contributed by atoms with E-state index in [1.165, 1.54) is 0 Å². The van der Waals surface area contributed by atoms with Crippen LogP contribution in [0.3, 0.4) is 0 Å². The maximum absolute atomic E-state index is 0. The molecule has 0 saturated carbocycles. The third-order valence-corrected chi connectivity index (χ3v) is 0. The molecule has 0 spiro atoms. The van der Waals surface area contributed by atoms with Crippen LogP contribution in [0, 0.1) is 41.3 Å². The Bertz CT molecular complexity index is 13.6. The third-order valence-electron chi connectivity index (χ3n) is 0. The molecule has 1 radical (unpaired) electrons. The number of rotatable bonds is 0. The molecule has 14 N–H and O–H groups in total. The molecule has 0 aromatic carbocycles. The van der Waals surface area contributed by atoms with Crippen molar-refractivity contribution in [2.75, 3.05) is 0 Å². The van der Waals surface area contributed by atoms with Gasteiger partial charge in [0.15, 0.2) is 0 Å². The Hall–Kier alpha value is 1.95. The first-order valence-electron chi connectivity index (χ1n) is 0. The molecule has 83 valence electrons. The van der Waals surface area contributed by atoms with Crippen molar-refractivity contribution in [2.45, 2.75) is 0 Å². The molecule has 0 saturated heterocycles.